The van der Waals surface area contributed by atoms with Crippen LogP contribution in [0.15, 0.2) is 121 Å². The summed E-state index contributed by atoms with van der Waals surface area (Å²) in [4.78, 5) is 9.91. The molecule has 2 aliphatic heterocycles. The van der Waals surface area contributed by atoms with Crippen molar-refractivity contribution in [2.75, 3.05) is 23.5 Å². The summed E-state index contributed by atoms with van der Waals surface area (Å²) in [5, 5.41) is 2.37. The molecule has 11 rings (SSSR count). The van der Waals surface area contributed by atoms with Crippen LogP contribution in [0.25, 0.3) is 38.8 Å². The average molecular weight is 897 g/mol. The Balaban J connectivity index is 1.19. The van der Waals surface area contributed by atoms with Crippen molar-refractivity contribution in [1.29, 1.82) is 0 Å². The van der Waals surface area contributed by atoms with E-state index in [0.717, 1.165) is 35.0 Å². The molecule has 5 nitrogen and oxygen atoms in total. The first-order valence-corrected chi connectivity index (χ1v) is 24.8. The fraction of sp³-hybridized carbons (Fsp3) is 0.349. The molecule has 1 aliphatic carbocycles. The van der Waals surface area contributed by atoms with Crippen LogP contribution in [0.5, 0.6) is 11.5 Å². The highest BCUT2D eigenvalue weighted by molar-refractivity contribution is 6.09. The van der Waals surface area contributed by atoms with E-state index in [4.69, 9.17) is 9.72 Å². The Morgan fingerprint density at radius 2 is 1.16 bits per heavy atom. The topological polar surface area (TPSA) is 33.5 Å². The fourth-order valence-corrected chi connectivity index (χ4v) is 11.8. The molecule has 2 aromatic heterocycles. The van der Waals surface area contributed by atoms with Crippen molar-refractivity contribution in [3.8, 4) is 28.4 Å². The lowest BCUT2D eigenvalue weighted by atomic mass is 9.59. The molecule has 0 fully saturated rings. The number of benzene rings is 6. The number of hydrogen-bond donors (Lipinski definition) is 0. The summed E-state index contributed by atoms with van der Waals surface area (Å²) >= 11 is 0. The van der Waals surface area contributed by atoms with Crippen LogP contribution >= 0.6 is 0 Å². The number of pyridine rings is 1. The van der Waals surface area contributed by atoms with Crippen molar-refractivity contribution < 1.29 is 4.74 Å². The Hall–Kier alpha value is -6.33. The van der Waals surface area contributed by atoms with E-state index in [-0.39, 0.29) is 21.7 Å². The smallest absolute Gasteiger partial charge is 0.137 e. The minimum absolute atomic E-state index is 0.0460. The zero-order chi connectivity index (χ0) is 48.2. The fourth-order valence-electron chi connectivity index (χ4n) is 11.8. The van der Waals surface area contributed by atoms with Crippen LogP contribution < -0.4 is 14.5 Å². The van der Waals surface area contributed by atoms with E-state index in [9.17, 15) is 0 Å². The Bertz CT molecular complexity index is 3310. The number of nitrogens with zero attached hydrogens (tertiary/aromatic N) is 4. The van der Waals surface area contributed by atoms with Crippen LogP contribution in [0.4, 0.5) is 17.1 Å². The number of fused-ring (bicyclic) bond motifs is 12. The van der Waals surface area contributed by atoms with Crippen molar-refractivity contribution >= 4 is 38.9 Å². The highest BCUT2D eigenvalue weighted by Crippen LogP contribution is 2.68. The third-order valence-electron chi connectivity index (χ3n) is 15.3. The molecule has 4 heterocycles. The maximum atomic E-state index is 7.10. The lowest BCUT2D eigenvalue weighted by Crippen LogP contribution is -2.40. The molecular formula is C63H68N4O. The molecule has 8 aromatic rings. The minimum Gasteiger partial charge on any atom is -0.457 e. The Morgan fingerprint density at radius 1 is 0.559 bits per heavy atom. The summed E-state index contributed by atoms with van der Waals surface area (Å²) in [6.07, 6.45) is 1.94. The molecule has 0 bridgehead atoms. The number of ether oxygens (including phenoxy) is 1. The van der Waals surface area contributed by atoms with Gasteiger partial charge in [0.2, 0.25) is 0 Å². The van der Waals surface area contributed by atoms with Gasteiger partial charge >= 0.3 is 0 Å². The first kappa shape index (κ1) is 44.2. The van der Waals surface area contributed by atoms with Gasteiger partial charge in [0.05, 0.1) is 40.2 Å². The molecule has 6 aromatic carbocycles. The van der Waals surface area contributed by atoms with Gasteiger partial charge in [0.1, 0.15) is 17.3 Å². The van der Waals surface area contributed by atoms with E-state index >= 15 is 0 Å². The zero-order valence-corrected chi connectivity index (χ0v) is 43.0. The predicted octanol–water partition coefficient (Wildman–Crippen LogP) is 16.5. The Morgan fingerprint density at radius 3 is 1.78 bits per heavy atom. The molecule has 68 heavy (non-hydrogen) atoms. The van der Waals surface area contributed by atoms with Gasteiger partial charge in [-0.25, -0.2) is 4.98 Å². The number of rotatable bonds is 4. The summed E-state index contributed by atoms with van der Waals surface area (Å²) in [7, 11) is 2.24. The second-order valence-corrected chi connectivity index (χ2v) is 24.5. The molecule has 0 radical (unpaired) electrons. The molecule has 0 saturated heterocycles. The Labute approximate surface area is 404 Å². The van der Waals surface area contributed by atoms with E-state index in [2.05, 4.69) is 234 Å². The van der Waals surface area contributed by atoms with E-state index in [1.165, 1.54) is 89.0 Å². The normalized spacial score (nSPS) is 15.1. The third kappa shape index (κ3) is 6.43. The van der Waals surface area contributed by atoms with Crippen LogP contribution in [-0.4, -0.2) is 23.3 Å². The van der Waals surface area contributed by atoms with Gasteiger partial charge in [-0.1, -0.05) is 158 Å². The Kier molecular flexibility index (Phi) is 9.48. The van der Waals surface area contributed by atoms with Gasteiger partial charge in [0.25, 0.3) is 0 Å². The van der Waals surface area contributed by atoms with Crippen LogP contribution in [-0.2, 0) is 27.1 Å². The average Bonchev–Trinajstić information content (AvgIpc) is 3.89. The second-order valence-electron chi connectivity index (χ2n) is 24.5. The van der Waals surface area contributed by atoms with Crippen LogP contribution in [0.3, 0.4) is 0 Å². The van der Waals surface area contributed by atoms with Gasteiger partial charge in [-0.2, -0.15) is 0 Å². The summed E-state index contributed by atoms with van der Waals surface area (Å²) in [5.41, 5.74) is 20.0. The first-order chi connectivity index (χ1) is 32.0. The monoisotopic (exact) mass is 897 g/mol. The lowest BCUT2D eigenvalue weighted by molar-refractivity contribution is 0.482. The van der Waals surface area contributed by atoms with Crippen molar-refractivity contribution in [2.45, 2.75) is 130 Å². The second kappa shape index (κ2) is 14.6. The zero-order valence-electron chi connectivity index (χ0n) is 43.0. The molecular weight excluding hydrogens is 829 g/mol. The van der Waals surface area contributed by atoms with E-state index in [0.29, 0.717) is 5.92 Å². The molecule has 0 atom stereocenters. The van der Waals surface area contributed by atoms with Crippen LogP contribution in [0.1, 0.15) is 153 Å². The standard InChI is InChI=1S/C63H68N4O/c1-37(2)38-27-28-64-55(29-38)67-51-21-17-16-19-43(51)44-25-23-41(34-53(44)67)68-42-24-26-47-54(35-42)66-36-65(15)52-22-18-20-48(58(52)66)63(47)56-45(30-39(59(3,4)5)32-49(56)61(9,10)11)46-31-40(60(6,7)8)33-50(57(46)63)62(12,13)14/h16-35,37H,36H2,1-15H3. The third-order valence-corrected chi connectivity index (χ3v) is 15.3. The maximum Gasteiger partial charge on any atom is 0.137 e. The molecule has 5 heteroatoms. The highest BCUT2D eigenvalue weighted by Gasteiger charge is 2.57. The summed E-state index contributed by atoms with van der Waals surface area (Å²) < 4.78 is 9.40. The summed E-state index contributed by atoms with van der Waals surface area (Å²) in [5.74, 6) is 2.90. The number of anilines is 3. The maximum absolute atomic E-state index is 7.10. The molecule has 346 valence electrons. The van der Waals surface area contributed by atoms with Gasteiger partial charge in [-0.05, 0) is 131 Å². The van der Waals surface area contributed by atoms with Crippen LogP contribution in [0, 0.1) is 0 Å². The highest BCUT2D eigenvalue weighted by atomic mass is 16.5. The van der Waals surface area contributed by atoms with Gasteiger partial charge in [-0.15, -0.1) is 0 Å². The molecule has 3 aliphatic rings. The SMILES string of the molecule is CC(C)c1ccnc(-n2c3ccccc3c3ccc(Oc4ccc5c(c4)N4CN(C)c6cccc(c64)C54c5c(cc(C(C)(C)C)cc5C(C)(C)C)-c5cc(C(C)(C)C)cc(C(C)(C)C)c54)cc32)c1. The molecule has 0 N–H and O–H groups in total. The number of aromatic nitrogens is 2. The van der Waals surface area contributed by atoms with Crippen molar-refractivity contribution in [3.63, 3.8) is 0 Å². The van der Waals surface area contributed by atoms with Gasteiger partial charge in [0, 0.05) is 36.1 Å². The van der Waals surface area contributed by atoms with Gasteiger partial charge in [-0.3, -0.25) is 4.57 Å². The van der Waals surface area contributed by atoms with E-state index < -0.39 is 5.41 Å². The predicted molar refractivity (Wildman–Crippen MR) is 287 cm³/mol. The van der Waals surface area contributed by atoms with Crippen LogP contribution in [0.2, 0.25) is 0 Å². The minimum atomic E-state index is -0.610. The number of para-hydroxylation sites is 2. The molecule has 1 spiro atoms. The van der Waals surface area contributed by atoms with Gasteiger partial charge in [0.15, 0.2) is 0 Å². The van der Waals surface area contributed by atoms with Crippen molar-refractivity contribution in [1.82, 2.24) is 9.55 Å². The van der Waals surface area contributed by atoms with E-state index in [1.807, 2.05) is 6.20 Å². The summed E-state index contributed by atoms with van der Waals surface area (Å²) in [6.45, 7) is 33.9. The molecule has 0 amide bonds. The summed E-state index contributed by atoms with van der Waals surface area (Å²) in [6, 6.07) is 43.9. The van der Waals surface area contributed by atoms with E-state index in [1.54, 1.807) is 0 Å². The quantitative estimate of drug-likeness (QED) is 0.176. The molecule has 0 unspecified atom stereocenters. The van der Waals surface area contributed by atoms with Crippen molar-refractivity contribution in [2.24, 2.45) is 0 Å². The molecule has 0 saturated carbocycles. The first-order valence-electron chi connectivity index (χ1n) is 24.8. The lowest BCUT2D eigenvalue weighted by Gasteiger charge is -2.46. The number of hydrogen-bond acceptors (Lipinski definition) is 4. The van der Waals surface area contributed by atoms with Gasteiger partial charge < -0.3 is 14.5 Å². The van der Waals surface area contributed by atoms with Crippen molar-refractivity contribution in [3.05, 3.63) is 172 Å². The largest absolute Gasteiger partial charge is 0.457 e.